The highest BCUT2D eigenvalue weighted by molar-refractivity contribution is 5.85. The number of ether oxygens (including phenoxy) is 1. The van der Waals surface area contributed by atoms with Gasteiger partial charge in [0.05, 0.1) is 18.8 Å². The maximum Gasteiger partial charge on any atom is 0.137 e. The van der Waals surface area contributed by atoms with Crippen LogP contribution in [0.4, 0.5) is 5.69 Å². The number of aliphatic hydroxyl groups excluding tert-OH is 1. The van der Waals surface area contributed by atoms with Crippen molar-refractivity contribution in [3.8, 4) is 11.8 Å². The van der Waals surface area contributed by atoms with Crippen molar-refractivity contribution in [3.63, 3.8) is 0 Å². The van der Waals surface area contributed by atoms with E-state index in [1.165, 1.54) is 0 Å². The highest BCUT2D eigenvalue weighted by Gasteiger charge is 2.18. The van der Waals surface area contributed by atoms with Crippen molar-refractivity contribution in [3.05, 3.63) is 23.8 Å². The molecule has 1 aromatic rings. The zero-order chi connectivity index (χ0) is 12.2. The summed E-state index contributed by atoms with van der Waals surface area (Å²) >= 11 is 0. The number of hydrogen-bond donors (Lipinski definition) is 2. The zero-order valence-corrected chi connectivity index (χ0v) is 10.8. The lowest BCUT2D eigenvalue weighted by Crippen LogP contribution is -2.25. The van der Waals surface area contributed by atoms with Crippen molar-refractivity contribution >= 4 is 18.1 Å². The van der Waals surface area contributed by atoms with E-state index in [4.69, 9.17) is 20.8 Å². The molecule has 0 radical (unpaired) electrons. The van der Waals surface area contributed by atoms with Gasteiger partial charge >= 0.3 is 0 Å². The molecule has 1 rings (SSSR count). The summed E-state index contributed by atoms with van der Waals surface area (Å²) in [6.07, 6.45) is 0. The number of benzene rings is 1. The fourth-order valence-corrected chi connectivity index (χ4v) is 1.08. The molecule has 17 heavy (non-hydrogen) atoms. The minimum Gasteiger partial charge on any atom is -0.492 e. The lowest BCUT2D eigenvalue weighted by Gasteiger charge is -2.22. The fraction of sp³-hybridized carbons (Fsp3) is 0.417. The second-order valence-electron chi connectivity index (χ2n) is 4.48. The number of anilines is 1. The second-order valence-corrected chi connectivity index (χ2v) is 4.48. The normalized spacial score (nSPS) is 10.2. The van der Waals surface area contributed by atoms with Gasteiger partial charge in [0, 0.05) is 11.1 Å². The Morgan fingerprint density at radius 3 is 2.65 bits per heavy atom. The molecule has 0 heterocycles. The molecule has 0 aliphatic carbocycles. The molecule has 0 fully saturated rings. The number of nitrogen functional groups attached to an aromatic ring is 1. The van der Waals surface area contributed by atoms with Crippen LogP contribution in [-0.4, -0.2) is 18.3 Å². The summed E-state index contributed by atoms with van der Waals surface area (Å²) in [6.45, 7) is 4.15. The molecular weight excluding hydrogens is 240 g/mol. The van der Waals surface area contributed by atoms with Crippen LogP contribution in [0.3, 0.4) is 0 Å². The van der Waals surface area contributed by atoms with Gasteiger partial charge in [0.15, 0.2) is 0 Å². The molecule has 94 valence electrons. The van der Waals surface area contributed by atoms with Crippen molar-refractivity contribution in [1.82, 2.24) is 0 Å². The van der Waals surface area contributed by atoms with Crippen LogP contribution >= 0.6 is 12.4 Å². The highest BCUT2D eigenvalue weighted by Crippen LogP contribution is 2.23. The molecule has 3 N–H and O–H groups in total. The first-order chi connectivity index (χ1) is 7.48. The summed E-state index contributed by atoms with van der Waals surface area (Å²) in [7, 11) is 0. The van der Waals surface area contributed by atoms with E-state index < -0.39 is 0 Å². The number of nitriles is 1. The van der Waals surface area contributed by atoms with Crippen molar-refractivity contribution in [1.29, 1.82) is 5.26 Å². The maximum atomic E-state index is 9.08. The predicted octanol–water partition coefficient (Wildman–Crippen LogP) is 1.96. The third kappa shape index (κ3) is 4.51. The molecule has 0 aliphatic rings. The van der Waals surface area contributed by atoms with Crippen molar-refractivity contribution < 1.29 is 9.84 Å². The third-order valence-electron chi connectivity index (χ3n) is 2.17. The predicted molar refractivity (Wildman–Crippen MR) is 69.2 cm³/mol. The van der Waals surface area contributed by atoms with Crippen molar-refractivity contribution in [2.45, 2.75) is 13.8 Å². The molecule has 0 aromatic heterocycles. The van der Waals surface area contributed by atoms with E-state index in [9.17, 15) is 0 Å². The lowest BCUT2D eigenvalue weighted by atomic mass is 9.96. The van der Waals surface area contributed by atoms with Crippen molar-refractivity contribution in [2.24, 2.45) is 5.41 Å². The van der Waals surface area contributed by atoms with Gasteiger partial charge in [-0.05, 0) is 18.2 Å². The summed E-state index contributed by atoms with van der Waals surface area (Å²) in [5, 5.41) is 18.0. The van der Waals surface area contributed by atoms with E-state index in [0.29, 0.717) is 23.6 Å². The first-order valence-electron chi connectivity index (χ1n) is 5.02. The van der Waals surface area contributed by atoms with Gasteiger partial charge in [-0.1, -0.05) is 13.8 Å². The number of halogens is 1. The zero-order valence-electron chi connectivity index (χ0n) is 9.93. The average molecular weight is 257 g/mol. The number of nitrogens with zero attached hydrogens (tertiary/aromatic N) is 1. The highest BCUT2D eigenvalue weighted by atomic mass is 35.5. The molecule has 0 atom stereocenters. The fourth-order valence-electron chi connectivity index (χ4n) is 1.08. The number of hydrogen-bond acceptors (Lipinski definition) is 4. The largest absolute Gasteiger partial charge is 0.492 e. The average Bonchev–Trinajstić information content (AvgIpc) is 2.27. The SMILES string of the molecule is CC(C)(CO)COc1ccc(N)cc1C#N.Cl. The summed E-state index contributed by atoms with van der Waals surface area (Å²) in [5.74, 6) is 0.498. The molecule has 1 aromatic carbocycles. The van der Waals surface area contributed by atoms with E-state index in [2.05, 4.69) is 0 Å². The Kier molecular flexibility index (Phi) is 5.80. The Labute approximate surface area is 107 Å². The first kappa shape index (κ1) is 15.6. The third-order valence-corrected chi connectivity index (χ3v) is 2.17. The Morgan fingerprint density at radius 2 is 2.12 bits per heavy atom. The number of rotatable bonds is 4. The molecule has 0 unspecified atom stereocenters. The molecular formula is C12H17ClN2O2. The summed E-state index contributed by atoms with van der Waals surface area (Å²) in [5.41, 5.74) is 6.18. The first-order valence-corrected chi connectivity index (χ1v) is 5.02. The molecule has 0 saturated carbocycles. The molecule has 0 aliphatic heterocycles. The number of aliphatic hydroxyl groups is 1. The Balaban J connectivity index is 0.00000256. The molecule has 0 spiro atoms. The van der Waals surface area contributed by atoms with Gasteiger partial charge in [-0.2, -0.15) is 5.26 Å². The van der Waals surface area contributed by atoms with Crippen molar-refractivity contribution in [2.75, 3.05) is 18.9 Å². The monoisotopic (exact) mass is 256 g/mol. The van der Waals surface area contributed by atoms with E-state index in [0.717, 1.165) is 0 Å². The summed E-state index contributed by atoms with van der Waals surface area (Å²) in [4.78, 5) is 0. The van der Waals surface area contributed by atoms with Gasteiger partial charge in [0.2, 0.25) is 0 Å². The Morgan fingerprint density at radius 1 is 1.47 bits per heavy atom. The summed E-state index contributed by atoms with van der Waals surface area (Å²) in [6, 6.07) is 6.94. The molecule has 0 bridgehead atoms. The quantitative estimate of drug-likeness (QED) is 0.807. The molecule has 4 nitrogen and oxygen atoms in total. The van der Waals surface area contributed by atoms with Gasteiger partial charge in [-0.15, -0.1) is 12.4 Å². The minimum atomic E-state index is -0.325. The van der Waals surface area contributed by atoms with Crippen LogP contribution in [0.1, 0.15) is 19.4 Å². The van der Waals surface area contributed by atoms with Crippen LogP contribution < -0.4 is 10.5 Å². The van der Waals surface area contributed by atoms with Gasteiger partial charge < -0.3 is 15.6 Å². The molecule has 0 amide bonds. The van der Waals surface area contributed by atoms with Gasteiger partial charge in [0.25, 0.3) is 0 Å². The Hall–Kier alpha value is -1.44. The lowest BCUT2D eigenvalue weighted by molar-refractivity contribution is 0.0974. The van der Waals surface area contributed by atoms with Gasteiger partial charge in [-0.3, -0.25) is 0 Å². The van der Waals surface area contributed by atoms with E-state index in [1.807, 2.05) is 19.9 Å². The smallest absolute Gasteiger partial charge is 0.137 e. The van der Waals surface area contributed by atoms with Crippen LogP contribution in [0.5, 0.6) is 5.75 Å². The summed E-state index contributed by atoms with van der Waals surface area (Å²) < 4.78 is 5.50. The van der Waals surface area contributed by atoms with Crippen LogP contribution in [0.2, 0.25) is 0 Å². The van der Waals surface area contributed by atoms with Crippen LogP contribution in [-0.2, 0) is 0 Å². The number of nitrogens with two attached hydrogens (primary N) is 1. The van der Waals surface area contributed by atoms with E-state index in [1.54, 1.807) is 18.2 Å². The Bertz CT molecular complexity index is 413. The van der Waals surface area contributed by atoms with Gasteiger partial charge in [-0.25, -0.2) is 0 Å². The van der Waals surface area contributed by atoms with Crippen LogP contribution in [0.15, 0.2) is 18.2 Å². The molecule has 5 heteroatoms. The van der Waals surface area contributed by atoms with Crippen LogP contribution in [0.25, 0.3) is 0 Å². The molecule has 0 saturated heterocycles. The topological polar surface area (TPSA) is 79.3 Å². The second kappa shape index (κ2) is 6.33. The standard InChI is InChI=1S/C12H16N2O2.ClH/c1-12(2,7-15)8-16-11-4-3-10(14)5-9(11)6-13;/h3-5,15H,7-8,14H2,1-2H3;1H. The van der Waals surface area contributed by atoms with E-state index in [-0.39, 0.29) is 24.4 Å². The van der Waals surface area contributed by atoms with Crippen LogP contribution in [0, 0.1) is 16.7 Å². The van der Waals surface area contributed by atoms with E-state index >= 15 is 0 Å². The minimum absolute atomic E-state index is 0. The maximum absolute atomic E-state index is 9.08. The van der Waals surface area contributed by atoms with Gasteiger partial charge in [0.1, 0.15) is 11.8 Å².